The van der Waals surface area contributed by atoms with Gasteiger partial charge in [-0.2, -0.15) is 0 Å². The first-order chi connectivity index (χ1) is 10.2. The summed E-state index contributed by atoms with van der Waals surface area (Å²) in [4.78, 5) is 0. The summed E-state index contributed by atoms with van der Waals surface area (Å²) in [5.41, 5.74) is 4.04. The van der Waals surface area contributed by atoms with Crippen LogP contribution >= 0.6 is 0 Å². The molecule has 0 saturated heterocycles. The molecule has 0 radical (unpaired) electrons. The highest BCUT2D eigenvalue weighted by Crippen LogP contribution is 2.22. The van der Waals surface area contributed by atoms with Crippen molar-refractivity contribution in [2.75, 3.05) is 13.7 Å². The van der Waals surface area contributed by atoms with Crippen molar-refractivity contribution in [3.05, 3.63) is 65.2 Å². The van der Waals surface area contributed by atoms with E-state index in [-0.39, 0.29) is 0 Å². The van der Waals surface area contributed by atoms with Crippen LogP contribution in [0.1, 0.15) is 36.1 Å². The van der Waals surface area contributed by atoms with E-state index in [1.165, 1.54) is 16.7 Å². The molecule has 2 aromatic rings. The van der Waals surface area contributed by atoms with Gasteiger partial charge in [0.05, 0.1) is 6.61 Å². The van der Waals surface area contributed by atoms with E-state index in [1.807, 2.05) is 7.05 Å². The molecular formula is C19H25NO. The van der Waals surface area contributed by atoms with E-state index in [0.29, 0.717) is 6.04 Å². The second-order valence-corrected chi connectivity index (χ2v) is 5.39. The van der Waals surface area contributed by atoms with Crippen molar-refractivity contribution >= 4 is 0 Å². The Kier molecular flexibility index (Phi) is 5.82. The second kappa shape index (κ2) is 7.84. The van der Waals surface area contributed by atoms with Gasteiger partial charge in [0, 0.05) is 6.04 Å². The van der Waals surface area contributed by atoms with Crippen LogP contribution in [-0.2, 0) is 6.42 Å². The lowest BCUT2D eigenvalue weighted by atomic mass is 9.96. The molecule has 0 aliphatic rings. The van der Waals surface area contributed by atoms with Gasteiger partial charge in [-0.05, 0) is 55.6 Å². The minimum Gasteiger partial charge on any atom is -0.494 e. The summed E-state index contributed by atoms with van der Waals surface area (Å²) in [5.74, 6) is 0.950. The molecule has 0 aliphatic heterocycles. The first-order valence-corrected chi connectivity index (χ1v) is 7.69. The standard InChI is InChI=1S/C19H25NO/c1-4-13-21-18-11-9-16(10-12-18)19(20-3)14-17-8-6-5-7-15(17)2/h5-12,19-20H,4,13-14H2,1-3H3. The van der Waals surface area contributed by atoms with E-state index in [0.717, 1.165) is 25.2 Å². The summed E-state index contributed by atoms with van der Waals surface area (Å²) in [5, 5.41) is 3.42. The zero-order valence-corrected chi connectivity index (χ0v) is 13.2. The molecule has 0 fully saturated rings. The van der Waals surface area contributed by atoms with Gasteiger partial charge >= 0.3 is 0 Å². The number of ether oxygens (including phenoxy) is 1. The fourth-order valence-electron chi connectivity index (χ4n) is 2.46. The van der Waals surface area contributed by atoms with E-state index < -0.39 is 0 Å². The van der Waals surface area contributed by atoms with Gasteiger partial charge in [0.25, 0.3) is 0 Å². The third kappa shape index (κ3) is 4.33. The van der Waals surface area contributed by atoms with Crippen molar-refractivity contribution in [1.82, 2.24) is 5.32 Å². The molecule has 21 heavy (non-hydrogen) atoms. The van der Waals surface area contributed by atoms with Crippen molar-refractivity contribution in [1.29, 1.82) is 0 Å². The molecule has 0 heterocycles. The number of hydrogen-bond acceptors (Lipinski definition) is 2. The maximum Gasteiger partial charge on any atom is 0.119 e. The average molecular weight is 283 g/mol. The largest absolute Gasteiger partial charge is 0.494 e. The molecule has 2 rings (SSSR count). The Morgan fingerprint density at radius 3 is 2.38 bits per heavy atom. The Morgan fingerprint density at radius 1 is 1.05 bits per heavy atom. The zero-order chi connectivity index (χ0) is 15.1. The molecule has 1 N–H and O–H groups in total. The predicted octanol–water partition coefficient (Wildman–Crippen LogP) is 4.29. The minimum atomic E-state index is 0.325. The van der Waals surface area contributed by atoms with Gasteiger partial charge in [0.2, 0.25) is 0 Å². The zero-order valence-electron chi connectivity index (χ0n) is 13.2. The lowest BCUT2D eigenvalue weighted by Gasteiger charge is -2.18. The van der Waals surface area contributed by atoms with Gasteiger partial charge in [0.1, 0.15) is 5.75 Å². The Labute approximate surface area is 128 Å². The lowest BCUT2D eigenvalue weighted by molar-refractivity contribution is 0.317. The number of hydrogen-bond donors (Lipinski definition) is 1. The first-order valence-electron chi connectivity index (χ1n) is 7.69. The van der Waals surface area contributed by atoms with E-state index in [4.69, 9.17) is 4.74 Å². The normalized spacial score (nSPS) is 12.1. The highest BCUT2D eigenvalue weighted by molar-refractivity contribution is 5.32. The van der Waals surface area contributed by atoms with E-state index in [2.05, 4.69) is 67.7 Å². The summed E-state index contributed by atoms with van der Waals surface area (Å²) < 4.78 is 5.64. The molecule has 0 saturated carbocycles. The van der Waals surface area contributed by atoms with Crippen LogP contribution in [0.25, 0.3) is 0 Å². The SMILES string of the molecule is CCCOc1ccc(C(Cc2ccccc2C)NC)cc1. The molecule has 0 amide bonds. The summed E-state index contributed by atoms with van der Waals surface area (Å²) >= 11 is 0. The van der Waals surface area contributed by atoms with Gasteiger partial charge in [-0.25, -0.2) is 0 Å². The Balaban J connectivity index is 2.08. The van der Waals surface area contributed by atoms with Crippen LogP contribution in [0.3, 0.4) is 0 Å². The van der Waals surface area contributed by atoms with Crippen molar-refractivity contribution in [2.24, 2.45) is 0 Å². The number of benzene rings is 2. The van der Waals surface area contributed by atoms with E-state index >= 15 is 0 Å². The maximum atomic E-state index is 5.64. The van der Waals surface area contributed by atoms with Crippen LogP contribution < -0.4 is 10.1 Å². The van der Waals surface area contributed by atoms with Crippen molar-refractivity contribution < 1.29 is 4.74 Å². The quantitative estimate of drug-likeness (QED) is 0.818. The summed E-state index contributed by atoms with van der Waals surface area (Å²) in [6.45, 7) is 5.06. The molecule has 112 valence electrons. The van der Waals surface area contributed by atoms with Crippen LogP contribution in [0.5, 0.6) is 5.75 Å². The molecule has 2 heteroatoms. The Morgan fingerprint density at radius 2 is 1.76 bits per heavy atom. The first kappa shape index (κ1) is 15.6. The van der Waals surface area contributed by atoms with Crippen LogP contribution in [0.2, 0.25) is 0 Å². The highest BCUT2D eigenvalue weighted by Gasteiger charge is 2.11. The van der Waals surface area contributed by atoms with Gasteiger partial charge < -0.3 is 10.1 Å². The molecule has 0 aromatic heterocycles. The van der Waals surface area contributed by atoms with Crippen LogP contribution in [0.15, 0.2) is 48.5 Å². The number of rotatable bonds is 7. The van der Waals surface area contributed by atoms with Gasteiger partial charge in [0.15, 0.2) is 0 Å². The fraction of sp³-hybridized carbons (Fsp3) is 0.368. The fourth-order valence-corrected chi connectivity index (χ4v) is 2.46. The van der Waals surface area contributed by atoms with Crippen LogP contribution in [-0.4, -0.2) is 13.7 Å². The molecule has 1 atom stereocenters. The second-order valence-electron chi connectivity index (χ2n) is 5.39. The molecule has 2 aromatic carbocycles. The highest BCUT2D eigenvalue weighted by atomic mass is 16.5. The molecular weight excluding hydrogens is 258 g/mol. The summed E-state index contributed by atoms with van der Waals surface area (Å²) in [6, 6.07) is 17.3. The van der Waals surface area contributed by atoms with Gasteiger partial charge in [-0.3, -0.25) is 0 Å². The van der Waals surface area contributed by atoms with Gasteiger partial charge in [-0.1, -0.05) is 43.3 Å². The van der Waals surface area contributed by atoms with Crippen molar-refractivity contribution in [2.45, 2.75) is 32.7 Å². The van der Waals surface area contributed by atoms with E-state index in [9.17, 15) is 0 Å². The molecule has 0 aliphatic carbocycles. The third-order valence-corrected chi connectivity index (χ3v) is 3.79. The smallest absolute Gasteiger partial charge is 0.119 e. The number of aryl methyl sites for hydroxylation is 1. The van der Waals surface area contributed by atoms with Crippen LogP contribution in [0.4, 0.5) is 0 Å². The molecule has 0 spiro atoms. The Bertz CT molecular complexity index is 548. The predicted molar refractivity (Wildman–Crippen MR) is 88.9 cm³/mol. The Hall–Kier alpha value is -1.80. The minimum absolute atomic E-state index is 0.325. The third-order valence-electron chi connectivity index (χ3n) is 3.79. The summed E-state index contributed by atoms with van der Waals surface area (Å²) in [7, 11) is 2.02. The monoisotopic (exact) mass is 283 g/mol. The lowest BCUT2D eigenvalue weighted by Crippen LogP contribution is -2.19. The summed E-state index contributed by atoms with van der Waals surface area (Å²) in [6.07, 6.45) is 2.03. The molecule has 1 unspecified atom stereocenters. The number of nitrogens with one attached hydrogen (secondary N) is 1. The molecule has 0 bridgehead atoms. The van der Waals surface area contributed by atoms with Crippen molar-refractivity contribution in [3.8, 4) is 5.75 Å². The topological polar surface area (TPSA) is 21.3 Å². The van der Waals surface area contributed by atoms with Gasteiger partial charge in [-0.15, -0.1) is 0 Å². The van der Waals surface area contributed by atoms with E-state index in [1.54, 1.807) is 0 Å². The maximum absolute atomic E-state index is 5.64. The average Bonchev–Trinajstić information content (AvgIpc) is 2.53. The molecule has 2 nitrogen and oxygen atoms in total. The van der Waals surface area contributed by atoms with Crippen LogP contribution in [0, 0.1) is 6.92 Å². The van der Waals surface area contributed by atoms with Crippen molar-refractivity contribution in [3.63, 3.8) is 0 Å². The number of likely N-dealkylation sites (N-methyl/N-ethyl adjacent to an activating group) is 1.